The zero-order valence-electron chi connectivity index (χ0n) is 11.2. The number of piperazine rings is 1. The molecule has 0 aromatic heterocycles. The minimum Gasteiger partial charge on any atom is -0.329 e. The third-order valence-corrected chi connectivity index (χ3v) is 3.68. The van der Waals surface area contributed by atoms with Crippen LogP contribution in [-0.4, -0.2) is 55.6 Å². The van der Waals surface area contributed by atoms with Crippen molar-refractivity contribution in [3.63, 3.8) is 0 Å². The maximum atomic E-state index is 14.3. The van der Waals surface area contributed by atoms with Crippen LogP contribution in [0.25, 0.3) is 0 Å². The molecule has 0 saturated carbocycles. The van der Waals surface area contributed by atoms with Crippen LogP contribution in [0.3, 0.4) is 0 Å². The topological polar surface area (TPSA) is 32.5 Å². The van der Waals surface area contributed by atoms with Gasteiger partial charge in [0.25, 0.3) is 5.92 Å². The smallest absolute Gasteiger partial charge is 0.285 e. The van der Waals surface area contributed by atoms with Crippen LogP contribution in [0.1, 0.15) is 5.56 Å². The summed E-state index contributed by atoms with van der Waals surface area (Å²) < 4.78 is 28.5. The highest BCUT2D eigenvalue weighted by atomic mass is 19.3. The molecule has 1 aliphatic rings. The summed E-state index contributed by atoms with van der Waals surface area (Å²) in [6.45, 7) is 2.35. The molecule has 1 saturated heterocycles. The van der Waals surface area contributed by atoms with Gasteiger partial charge in [0.2, 0.25) is 0 Å². The molecule has 1 aromatic carbocycles. The highest BCUT2D eigenvalue weighted by Crippen LogP contribution is 2.29. The normalized spacial score (nSPS) is 22.6. The standard InChI is InChI=1S/C14H21F2N3/c1-18-7-8-19(13(9-17)10-18)11-14(15,16)12-5-3-2-4-6-12/h2-6,13H,7-11,17H2,1H3. The zero-order chi connectivity index (χ0) is 13.9. The third kappa shape index (κ3) is 3.49. The number of alkyl halides is 2. The van der Waals surface area contributed by atoms with E-state index in [0.717, 1.165) is 13.1 Å². The van der Waals surface area contributed by atoms with E-state index < -0.39 is 5.92 Å². The van der Waals surface area contributed by atoms with Crippen molar-refractivity contribution in [2.75, 3.05) is 39.8 Å². The van der Waals surface area contributed by atoms with Crippen LogP contribution in [0.5, 0.6) is 0 Å². The molecule has 0 aliphatic carbocycles. The number of hydrogen-bond donors (Lipinski definition) is 1. The Kier molecular flexibility index (Phi) is 4.50. The molecule has 0 bridgehead atoms. The number of halogens is 2. The van der Waals surface area contributed by atoms with Gasteiger partial charge in [-0.15, -0.1) is 0 Å². The van der Waals surface area contributed by atoms with Crippen LogP contribution in [-0.2, 0) is 5.92 Å². The van der Waals surface area contributed by atoms with Crippen LogP contribution in [0.15, 0.2) is 30.3 Å². The molecule has 1 atom stereocenters. The zero-order valence-corrected chi connectivity index (χ0v) is 11.2. The molecule has 1 heterocycles. The summed E-state index contributed by atoms with van der Waals surface area (Å²) in [4.78, 5) is 3.95. The van der Waals surface area contributed by atoms with E-state index in [0.29, 0.717) is 13.1 Å². The molecule has 3 nitrogen and oxygen atoms in total. The van der Waals surface area contributed by atoms with Crippen LogP contribution >= 0.6 is 0 Å². The largest absolute Gasteiger partial charge is 0.329 e. The van der Waals surface area contributed by atoms with E-state index >= 15 is 0 Å². The number of nitrogens with zero attached hydrogens (tertiary/aromatic N) is 2. The molecule has 2 rings (SSSR count). The van der Waals surface area contributed by atoms with Gasteiger partial charge in [-0.3, -0.25) is 4.90 Å². The summed E-state index contributed by atoms with van der Waals surface area (Å²) in [6, 6.07) is 8.01. The van der Waals surface area contributed by atoms with Gasteiger partial charge in [-0.2, -0.15) is 8.78 Å². The molecule has 5 heteroatoms. The Balaban J connectivity index is 2.07. The molecular formula is C14H21F2N3. The number of likely N-dealkylation sites (N-methyl/N-ethyl adjacent to an activating group) is 1. The van der Waals surface area contributed by atoms with Crippen molar-refractivity contribution in [2.45, 2.75) is 12.0 Å². The fourth-order valence-corrected chi connectivity index (χ4v) is 2.51. The first kappa shape index (κ1) is 14.4. The number of benzene rings is 1. The molecule has 1 aromatic rings. The van der Waals surface area contributed by atoms with E-state index in [1.165, 1.54) is 12.1 Å². The fourth-order valence-electron chi connectivity index (χ4n) is 2.51. The molecule has 19 heavy (non-hydrogen) atoms. The monoisotopic (exact) mass is 269 g/mol. The average molecular weight is 269 g/mol. The number of nitrogens with two attached hydrogens (primary N) is 1. The van der Waals surface area contributed by atoms with Gasteiger partial charge >= 0.3 is 0 Å². The first-order valence-corrected chi connectivity index (χ1v) is 6.59. The van der Waals surface area contributed by atoms with Gasteiger partial charge in [0.1, 0.15) is 0 Å². The van der Waals surface area contributed by atoms with E-state index in [2.05, 4.69) is 4.90 Å². The van der Waals surface area contributed by atoms with Crippen molar-refractivity contribution in [2.24, 2.45) is 5.73 Å². The SMILES string of the molecule is CN1CCN(CC(F)(F)c2ccccc2)C(CN)C1. The molecule has 106 valence electrons. The summed E-state index contributed by atoms with van der Waals surface area (Å²) in [5, 5.41) is 0. The Labute approximate surface area is 113 Å². The Morgan fingerprint density at radius 3 is 2.58 bits per heavy atom. The van der Waals surface area contributed by atoms with Gasteiger partial charge in [-0.05, 0) is 7.05 Å². The first-order valence-electron chi connectivity index (χ1n) is 6.59. The second-order valence-corrected chi connectivity index (χ2v) is 5.19. The van der Waals surface area contributed by atoms with Crippen molar-refractivity contribution in [3.05, 3.63) is 35.9 Å². The average Bonchev–Trinajstić information content (AvgIpc) is 2.41. The Morgan fingerprint density at radius 2 is 1.95 bits per heavy atom. The van der Waals surface area contributed by atoms with Crippen LogP contribution < -0.4 is 5.73 Å². The van der Waals surface area contributed by atoms with Crippen LogP contribution in [0.4, 0.5) is 8.78 Å². The predicted octanol–water partition coefficient (Wildman–Crippen LogP) is 1.35. The summed E-state index contributed by atoms with van der Waals surface area (Å²) in [5.41, 5.74) is 5.77. The number of hydrogen-bond acceptors (Lipinski definition) is 3. The minimum atomic E-state index is -2.83. The lowest BCUT2D eigenvalue weighted by molar-refractivity contribution is -0.0595. The second kappa shape index (κ2) is 5.94. The maximum absolute atomic E-state index is 14.3. The van der Waals surface area contributed by atoms with E-state index in [4.69, 9.17) is 5.73 Å². The summed E-state index contributed by atoms with van der Waals surface area (Å²) in [7, 11) is 2.00. The quantitative estimate of drug-likeness (QED) is 0.895. The summed E-state index contributed by atoms with van der Waals surface area (Å²) in [6.07, 6.45) is 0. The van der Waals surface area contributed by atoms with Gasteiger partial charge < -0.3 is 10.6 Å². The van der Waals surface area contributed by atoms with E-state index in [1.54, 1.807) is 18.2 Å². The van der Waals surface area contributed by atoms with Crippen LogP contribution in [0.2, 0.25) is 0 Å². The highest BCUT2D eigenvalue weighted by Gasteiger charge is 2.37. The van der Waals surface area contributed by atoms with Crippen molar-refractivity contribution in [1.29, 1.82) is 0 Å². The molecular weight excluding hydrogens is 248 g/mol. The van der Waals surface area contributed by atoms with Crippen molar-refractivity contribution < 1.29 is 8.78 Å². The fraction of sp³-hybridized carbons (Fsp3) is 0.571. The Morgan fingerprint density at radius 1 is 1.26 bits per heavy atom. The van der Waals surface area contributed by atoms with E-state index in [9.17, 15) is 8.78 Å². The lowest BCUT2D eigenvalue weighted by Gasteiger charge is -2.40. The molecule has 1 aliphatic heterocycles. The Hall–Kier alpha value is -1.04. The highest BCUT2D eigenvalue weighted by molar-refractivity contribution is 5.20. The molecule has 1 unspecified atom stereocenters. The van der Waals surface area contributed by atoms with Crippen molar-refractivity contribution in [1.82, 2.24) is 9.80 Å². The molecule has 0 amide bonds. The molecule has 1 fully saturated rings. The summed E-state index contributed by atoms with van der Waals surface area (Å²) >= 11 is 0. The lowest BCUT2D eigenvalue weighted by Crippen LogP contribution is -2.56. The first-order chi connectivity index (χ1) is 9.03. The van der Waals surface area contributed by atoms with Gasteiger partial charge in [0, 0.05) is 37.8 Å². The maximum Gasteiger partial charge on any atom is 0.285 e. The van der Waals surface area contributed by atoms with E-state index in [-0.39, 0.29) is 18.2 Å². The molecule has 0 spiro atoms. The number of rotatable bonds is 4. The van der Waals surface area contributed by atoms with E-state index in [1.807, 2.05) is 11.9 Å². The van der Waals surface area contributed by atoms with Gasteiger partial charge in [-0.25, -0.2) is 0 Å². The molecule has 2 N–H and O–H groups in total. The lowest BCUT2D eigenvalue weighted by atomic mass is 10.1. The second-order valence-electron chi connectivity index (χ2n) is 5.19. The van der Waals surface area contributed by atoms with Gasteiger partial charge in [-0.1, -0.05) is 30.3 Å². The minimum absolute atomic E-state index is 0.00772. The van der Waals surface area contributed by atoms with Crippen LogP contribution in [0, 0.1) is 0 Å². The van der Waals surface area contributed by atoms with Crippen molar-refractivity contribution >= 4 is 0 Å². The third-order valence-electron chi connectivity index (χ3n) is 3.68. The van der Waals surface area contributed by atoms with Gasteiger partial charge in [0.05, 0.1) is 6.54 Å². The predicted molar refractivity (Wildman–Crippen MR) is 72.2 cm³/mol. The van der Waals surface area contributed by atoms with Gasteiger partial charge in [0.15, 0.2) is 0 Å². The van der Waals surface area contributed by atoms with Crippen molar-refractivity contribution in [3.8, 4) is 0 Å². The summed E-state index contributed by atoms with van der Waals surface area (Å²) in [5.74, 6) is -2.83. The molecule has 0 radical (unpaired) electrons. The Bertz CT molecular complexity index is 397.